The summed E-state index contributed by atoms with van der Waals surface area (Å²) in [5, 5.41) is 22.3. The maximum Gasteiger partial charge on any atom is 0.251 e. The Morgan fingerprint density at radius 3 is 2.26 bits per heavy atom. The number of rotatable bonds is 12. The van der Waals surface area contributed by atoms with E-state index >= 15 is 0 Å². The Hall–Kier alpha value is -1.39. The number of hydrogen-bond acceptors (Lipinski definition) is 3. The van der Waals surface area contributed by atoms with Crippen LogP contribution in [0.15, 0.2) is 30.3 Å². The Bertz CT molecular complexity index is 422. The summed E-state index contributed by atoms with van der Waals surface area (Å²) in [5.41, 5.74) is 0.536. The van der Waals surface area contributed by atoms with Crippen LogP contribution in [0.3, 0.4) is 0 Å². The maximum atomic E-state index is 12.1. The minimum Gasteiger partial charge on any atom is -0.394 e. The highest BCUT2D eigenvalue weighted by molar-refractivity contribution is 5.94. The molecule has 0 heterocycles. The minimum atomic E-state index is -0.705. The first-order chi connectivity index (χ1) is 11.2. The van der Waals surface area contributed by atoms with Crippen molar-refractivity contribution in [2.24, 2.45) is 0 Å². The lowest BCUT2D eigenvalue weighted by Gasteiger charge is -2.22. The molecular weight excluding hydrogens is 290 g/mol. The number of aliphatic hydroxyl groups excluding tert-OH is 2. The fraction of sp³-hybridized carbons (Fsp3) is 0.632. The van der Waals surface area contributed by atoms with Gasteiger partial charge in [-0.3, -0.25) is 4.79 Å². The molecule has 2 unspecified atom stereocenters. The van der Waals surface area contributed by atoms with Crippen LogP contribution in [0.1, 0.15) is 68.6 Å². The lowest BCUT2D eigenvalue weighted by atomic mass is 10.0. The molecule has 0 aliphatic carbocycles. The third kappa shape index (κ3) is 8.14. The van der Waals surface area contributed by atoms with Gasteiger partial charge in [0.15, 0.2) is 0 Å². The van der Waals surface area contributed by atoms with Gasteiger partial charge in [0.1, 0.15) is 0 Å². The van der Waals surface area contributed by atoms with Gasteiger partial charge in [-0.25, -0.2) is 0 Å². The van der Waals surface area contributed by atoms with E-state index in [2.05, 4.69) is 12.2 Å². The molecule has 0 aliphatic heterocycles. The van der Waals surface area contributed by atoms with Crippen molar-refractivity contribution in [3.8, 4) is 0 Å². The van der Waals surface area contributed by atoms with Crippen LogP contribution in [0.5, 0.6) is 0 Å². The van der Waals surface area contributed by atoms with Gasteiger partial charge < -0.3 is 15.5 Å². The first kappa shape index (κ1) is 19.7. The normalized spacial score (nSPS) is 13.5. The molecule has 1 aromatic rings. The highest BCUT2D eigenvalue weighted by atomic mass is 16.3. The third-order valence-corrected chi connectivity index (χ3v) is 4.12. The van der Waals surface area contributed by atoms with Crippen molar-refractivity contribution < 1.29 is 15.0 Å². The molecule has 0 saturated carbocycles. The highest BCUT2D eigenvalue weighted by Gasteiger charge is 2.20. The Morgan fingerprint density at radius 2 is 1.65 bits per heavy atom. The molecule has 3 N–H and O–H groups in total. The van der Waals surface area contributed by atoms with Gasteiger partial charge in [0.25, 0.3) is 5.91 Å². The third-order valence-electron chi connectivity index (χ3n) is 4.12. The lowest BCUT2D eigenvalue weighted by Crippen LogP contribution is -2.45. The molecule has 0 saturated heterocycles. The van der Waals surface area contributed by atoms with E-state index in [9.17, 15) is 15.0 Å². The average molecular weight is 321 g/mol. The number of amides is 1. The van der Waals surface area contributed by atoms with Gasteiger partial charge in [0.2, 0.25) is 0 Å². The molecule has 1 aromatic carbocycles. The molecule has 1 rings (SSSR count). The number of carbonyl (C=O) groups is 1. The number of carbonyl (C=O) groups excluding carboxylic acids is 1. The zero-order valence-corrected chi connectivity index (χ0v) is 14.2. The molecule has 23 heavy (non-hydrogen) atoms. The highest BCUT2D eigenvalue weighted by Crippen LogP contribution is 2.11. The zero-order valence-electron chi connectivity index (χ0n) is 14.2. The smallest absolute Gasteiger partial charge is 0.251 e. The summed E-state index contributed by atoms with van der Waals surface area (Å²) >= 11 is 0. The summed E-state index contributed by atoms with van der Waals surface area (Å²) in [5.74, 6) is -0.261. The van der Waals surface area contributed by atoms with Crippen molar-refractivity contribution in [1.82, 2.24) is 5.32 Å². The fourth-order valence-electron chi connectivity index (χ4n) is 2.62. The van der Waals surface area contributed by atoms with Crippen molar-refractivity contribution in [2.45, 2.75) is 70.4 Å². The molecule has 2 atom stereocenters. The van der Waals surface area contributed by atoms with Crippen LogP contribution in [-0.2, 0) is 0 Å². The largest absolute Gasteiger partial charge is 0.394 e. The van der Waals surface area contributed by atoms with E-state index in [1.807, 2.05) is 6.07 Å². The van der Waals surface area contributed by atoms with Gasteiger partial charge in [-0.2, -0.15) is 0 Å². The molecule has 0 bridgehead atoms. The van der Waals surface area contributed by atoms with Crippen molar-refractivity contribution in [3.63, 3.8) is 0 Å². The molecule has 1 amide bonds. The summed E-state index contributed by atoms with van der Waals surface area (Å²) < 4.78 is 0. The van der Waals surface area contributed by atoms with E-state index in [-0.39, 0.29) is 12.5 Å². The summed E-state index contributed by atoms with van der Waals surface area (Å²) in [6.07, 6.45) is 8.17. The standard InChI is InChI=1S/C19H31NO3/c1-2-3-4-5-6-7-11-14-18(22)17(15-21)20-19(23)16-12-9-8-10-13-16/h8-10,12-13,17-18,21-22H,2-7,11,14-15H2,1H3,(H,20,23). The number of unbranched alkanes of at least 4 members (excludes halogenated alkanes) is 6. The Labute approximate surface area is 139 Å². The maximum absolute atomic E-state index is 12.1. The van der Waals surface area contributed by atoms with E-state index in [0.29, 0.717) is 12.0 Å². The Kier molecular flexibility index (Phi) is 10.3. The van der Waals surface area contributed by atoms with Crippen LogP contribution in [0.2, 0.25) is 0 Å². The molecule has 130 valence electrons. The van der Waals surface area contributed by atoms with Gasteiger partial charge in [0.05, 0.1) is 18.8 Å². The molecule has 4 heteroatoms. The summed E-state index contributed by atoms with van der Waals surface area (Å²) in [6.45, 7) is 1.95. The van der Waals surface area contributed by atoms with Gasteiger partial charge >= 0.3 is 0 Å². The molecule has 0 aromatic heterocycles. The minimum absolute atomic E-state index is 0.254. The quantitative estimate of drug-likeness (QED) is 0.517. The van der Waals surface area contributed by atoms with Crippen LogP contribution >= 0.6 is 0 Å². The molecule has 0 aliphatic rings. The fourth-order valence-corrected chi connectivity index (χ4v) is 2.62. The predicted octanol–water partition coefficient (Wildman–Crippen LogP) is 3.28. The van der Waals surface area contributed by atoms with E-state index in [1.165, 1.54) is 32.1 Å². The number of hydrogen-bond donors (Lipinski definition) is 3. The summed E-state index contributed by atoms with van der Waals surface area (Å²) in [6, 6.07) is 8.24. The van der Waals surface area contributed by atoms with Crippen molar-refractivity contribution in [3.05, 3.63) is 35.9 Å². The van der Waals surface area contributed by atoms with Gasteiger partial charge in [0, 0.05) is 5.56 Å². The Balaban J connectivity index is 2.26. The van der Waals surface area contributed by atoms with Crippen LogP contribution < -0.4 is 5.32 Å². The van der Waals surface area contributed by atoms with Crippen LogP contribution in [-0.4, -0.2) is 34.9 Å². The van der Waals surface area contributed by atoms with Crippen LogP contribution in [0.4, 0.5) is 0 Å². The monoisotopic (exact) mass is 321 g/mol. The second-order valence-electron chi connectivity index (χ2n) is 6.11. The topological polar surface area (TPSA) is 69.6 Å². The van der Waals surface area contributed by atoms with Crippen LogP contribution in [0, 0.1) is 0 Å². The van der Waals surface area contributed by atoms with Gasteiger partial charge in [-0.15, -0.1) is 0 Å². The van der Waals surface area contributed by atoms with Crippen LogP contribution in [0.25, 0.3) is 0 Å². The lowest BCUT2D eigenvalue weighted by molar-refractivity contribution is 0.0661. The average Bonchev–Trinajstić information content (AvgIpc) is 2.59. The number of aliphatic hydroxyl groups is 2. The van der Waals surface area contributed by atoms with Crippen molar-refractivity contribution in [1.29, 1.82) is 0 Å². The number of nitrogens with one attached hydrogen (secondary N) is 1. The summed E-state index contributed by atoms with van der Waals surface area (Å²) in [4.78, 5) is 12.1. The molecule has 0 radical (unpaired) electrons. The second kappa shape index (κ2) is 12.1. The van der Waals surface area contributed by atoms with E-state index in [4.69, 9.17) is 0 Å². The Morgan fingerprint density at radius 1 is 1.04 bits per heavy atom. The first-order valence-electron chi connectivity index (χ1n) is 8.83. The van der Waals surface area contributed by atoms with E-state index in [0.717, 1.165) is 12.8 Å². The zero-order chi connectivity index (χ0) is 16.9. The van der Waals surface area contributed by atoms with E-state index in [1.54, 1.807) is 24.3 Å². The molecule has 0 spiro atoms. The predicted molar refractivity (Wildman–Crippen MR) is 93.4 cm³/mol. The summed E-state index contributed by atoms with van der Waals surface area (Å²) in [7, 11) is 0. The molecular formula is C19H31NO3. The van der Waals surface area contributed by atoms with Crippen molar-refractivity contribution in [2.75, 3.05) is 6.61 Å². The number of benzene rings is 1. The second-order valence-corrected chi connectivity index (χ2v) is 6.11. The molecule has 0 fully saturated rings. The van der Waals surface area contributed by atoms with E-state index < -0.39 is 12.1 Å². The first-order valence-corrected chi connectivity index (χ1v) is 8.83. The SMILES string of the molecule is CCCCCCCCCC(O)C(CO)NC(=O)c1ccccc1. The van der Waals surface area contributed by atoms with Gasteiger partial charge in [-0.05, 0) is 18.6 Å². The van der Waals surface area contributed by atoms with Crippen molar-refractivity contribution >= 4 is 5.91 Å². The van der Waals surface area contributed by atoms with Gasteiger partial charge in [-0.1, -0.05) is 70.1 Å². The molecule has 4 nitrogen and oxygen atoms in total.